The first kappa shape index (κ1) is 30.4. The SMILES string of the molecule is CCCC/C=C1\c2ccccc2C2=C(c3ccc(OC)cc3)C(CCCCC)=C(CCCCC)C21CCCCC. The van der Waals surface area contributed by atoms with Gasteiger partial charge < -0.3 is 4.74 Å². The second-order valence-corrected chi connectivity index (χ2v) is 12.0. The number of hydrogen-bond acceptors (Lipinski definition) is 1. The van der Waals surface area contributed by atoms with E-state index < -0.39 is 0 Å². The Kier molecular flexibility index (Phi) is 11.3. The minimum Gasteiger partial charge on any atom is -0.497 e. The lowest BCUT2D eigenvalue weighted by molar-refractivity contribution is 0.415. The highest BCUT2D eigenvalue weighted by molar-refractivity contribution is 6.16. The van der Waals surface area contributed by atoms with Crippen molar-refractivity contribution in [1.82, 2.24) is 0 Å². The predicted octanol–water partition coefficient (Wildman–Crippen LogP) is 12.2. The van der Waals surface area contributed by atoms with Gasteiger partial charge in [-0.05, 0) is 89.6 Å². The molecule has 1 heteroatoms. The molecule has 0 bridgehead atoms. The van der Waals surface area contributed by atoms with Crippen LogP contribution in [0.5, 0.6) is 5.75 Å². The van der Waals surface area contributed by atoms with E-state index in [1.807, 2.05) is 0 Å². The molecule has 0 N–H and O–H groups in total. The van der Waals surface area contributed by atoms with Crippen molar-refractivity contribution in [2.45, 2.75) is 124 Å². The van der Waals surface area contributed by atoms with E-state index in [0.29, 0.717) is 0 Å². The molecule has 2 aromatic carbocycles. The summed E-state index contributed by atoms with van der Waals surface area (Å²) in [6.45, 7) is 9.35. The summed E-state index contributed by atoms with van der Waals surface area (Å²) in [5.41, 5.74) is 12.6. The third-order valence-corrected chi connectivity index (χ3v) is 9.31. The molecule has 0 heterocycles. The summed E-state index contributed by atoms with van der Waals surface area (Å²) in [5, 5.41) is 0. The highest BCUT2D eigenvalue weighted by Gasteiger charge is 2.53. The lowest BCUT2D eigenvalue weighted by Gasteiger charge is -2.35. The van der Waals surface area contributed by atoms with Crippen molar-refractivity contribution in [2.75, 3.05) is 7.11 Å². The van der Waals surface area contributed by atoms with Crippen molar-refractivity contribution in [3.63, 3.8) is 0 Å². The zero-order valence-corrected chi connectivity index (χ0v) is 26.2. The normalized spacial score (nSPS) is 19.1. The Morgan fingerprint density at radius 3 is 1.95 bits per heavy atom. The molecule has 0 aromatic heterocycles. The van der Waals surface area contributed by atoms with Gasteiger partial charge in [0, 0.05) is 5.41 Å². The fourth-order valence-corrected chi connectivity index (χ4v) is 7.36. The lowest BCUT2D eigenvalue weighted by Crippen LogP contribution is -2.21. The molecule has 40 heavy (non-hydrogen) atoms. The van der Waals surface area contributed by atoms with Gasteiger partial charge in [0.2, 0.25) is 0 Å². The molecule has 2 aliphatic rings. The van der Waals surface area contributed by atoms with Crippen LogP contribution in [0.1, 0.15) is 141 Å². The second kappa shape index (κ2) is 14.9. The van der Waals surface area contributed by atoms with E-state index in [9.17, 15) is 0 Å². The highest BCUT2D eigenvalue weighted by Crippen LogP contribution is 2.69. The van der Waals surface area contributed by atoms with Crippen LogP contribution in [0.15, 0.2) is 65.8 Å². The number of rotatable bonds is 17. The number of hydrogen-bond donors (Lipinski definition) is 0. The van der Waals surface area contributed by atoms with Gasteiger partial charge in [0.25, 0.3) is 0 Å². The third kappa shape index (κ3) is 6.05. The fraction of sp³-hybridized carbons (Fsp3) is 0.538. The first-order valence-corrected chi connectivity index (χ1v) is 16.6. The van der Waals surface area contributed by atoms with Crippen molar-refractivity contribution in [2.24, 2.45) is 5.41 Å². The summed E-state index contributed by atoms with van der Waals surface area (Å²) in [5.74, 6) is 0.938. The first-order chi connectivity index (χ1) is 19.7. The summed E-state index contributed by atoms with van der Waals surface area (Å²) in [7, 11) is 1.77. The van der Waals surface area contributed by atoms with Crippen LogP contribution in [0.2, 0.25) is 0 Å². The van der Waals surface area contributed by atoms with Gasteiger partial charge >= 0.3 is 0 Å². The minimum atomic E-state index is 0.0249. The molecule has 0 aliphatic heterocycles. The van der Waals surface area contributed by atoms with Crippen LogP contribution in [0.3, 0.4) is 0 Å². The highest BCUT2D eigenvalue weighted by atomic mass is 16.5. The lowest BCUT2D eigenvalue weighted by atomic mass is 9.68. The standard InChI is InChI=1S/C39H54O/c1-6-10-14-22-34-36(24-16-12-8-3)39(29-19-13-9-4)35(23-15-11-7-2)32-20-17-18-21-33(32)38(39)37(34)30-25-27-31(40-5)28-26-30/h17-18,20-21,23,25-28H,6-16,19,22,24,29H2,1-5H3/b35-23+. The van der Waals surface area contributed by atoms with Crippen molar-refractivity contribution in [1.29, 1.82) is 0 Å². The molecule has 0 saturated heterocycles. The van der Waals surface area contributed by atoms with Gasteiger partial charge in [-0.2, -0.15) is 0 Å². The second-order valence-electron chi connectivity index (χ2n) is 12.0. The molecule has 1 nitrogen and oxygen atoms in total. The van der Waals surface area contributed by atoms with Crippen LogP contribution >= 0.6 is 0 Å². The first-order valence-electron chi connectivity index (χ1n) is 16.6. The largest absolute Gasteiger partial charge is 0.497 e. The summed E-state index contributed by atoms with van der Waals surface area (Å²) < 4.78 is 5.59. The van der Waals surface area contributed by atoms with Crippen LogP contribution in [0.25, 0.3) is 16.7 Å². The molecular formula is C39H54O. The molecular weight excluding hydrogens is 484 g/mol. The Balaban J connectivity index is 2.04. The fourth-order valence-electron chi connectivity index (χ4n) is 7.36. The molecule has 1 atom stereocenters. The topological polar surface area (TPSA) is 9.23 Å². The maximum atomic E-state index is 5.59. The molecule has 0 fully saturated rings. The Hall–Kier alpha value is -2.54. The van der Waals surface area contributed by atoms with Crippen LogP contribution in [-0.4, -0.2) is 7.11 Å². The van der Waals surface area contributed by atoms with E-state index in [1.165, 1.54) is 113 Å². The van der Waals surface area contributed by atoms with E-state index in [1.54, 1.807) is 35.0 Å². The quantitative estimate of drug-likeness (QED) is 0.182. The average molecular weight is 539 g/mol. The summed E-state index contributed by atoms with van der Waals surface area (Å²) in [4.78, 5) is 0. The zero-order valence-electron chi connectivity index (χ0n) is 26.2. The third-order valence-electron chi connectivity index (χ3n) is 9.31. The maximum Gasteiger partial charge on any atom is 0.118 e. The van der Waals surface area contributed by atoms with Gasteiger partial charge in [-0.25, -0.2) is 0 Å². The molecule has 216 valence electrons. The van der Waals surface area contributed by atoms with Crippen LogP contribution in [-0.2, 0) is 0 Å². The van der Waals surface area contributed by atoms with E-state index in [2.05, 4.69) is 82.3 Å². The summed E-state index contributed by atoms with van der Waals surface area (Å²) in [6.07, 6.45) is 21.6. The van der Waals surface area contributed by atoms with E-state index >= 15 is 0 Å². The number of allylic oxidation sites excluding steroid dienone is 6. The average Bonchev–Trinajstić information content (AvgIpc) is 3.40. The van der Waals surface area contributed by atoms with Gasteiger partial charge in [-0.1, -0.05) is 134 Å². The van der Waals surface area contributed by atoms with Gasteiger partial charge in [0.05, 0.1) is 7.11 Å². The molecule has 4 rings (SSSR count). The Morgan fingerprint density at radius 2 is 1.30 bits per heavy atom. The van der Waals surface area contributed by atoms with E-state index in [4.69, 9.17) is 4.74 Å². The molecule has 0 saturated carbocycles. The Bertz CT molecular complexity index is 1190. The predicted molar refractivity (Wildman–Crippen MR) is 176 cm³/mol. The molecule has 2 aliphatic carbocycles. The van der Waals surface area contributed by atoms with Crippen molar-refractivity contribution < 1.29 is 4.74 Å². The van der Waals surface area contributed by atoms with E-state index in [0.717, 1.165) is 5.75 Å². The number of ether oxygens (including phenoxy) is 1. The number of benzene rings is 2. The maximum absolute atomic E-state index is 5.59. The minimum absolute atomic E-state index is 0.0249. The summed E-state index contributed by atoms with van der Waals surface area (Å²) in [6, 6.07) is 18.4. The smallest absolute Gasteiger partial charge is 0.118 e. The van der Waals surface area contributed by atoms with Gasteiger partial charge in [0.15, 0.2) is 0 Å². The van der Waals surface area contributed by atoms with Crippen LogP contribution in [0, 0.1) is 5.41 Å². The Morgan fingerprint density at radius 1 is 0.675 bits per heavy atom. The van der Waals surface area contributed by atoms with Gasteiger partial charge in [-0.15, -0.1) is 0 Å². The van der Waals surface area contributed by atoms with Crippen LogP contribution < -0.4 is 4.74 Å². The molecule has 2 aromatic rings. The number of fused-ring (bicyclic) bond motifs is 3. The molecule has 0 radical (unpaired) electrons. The van der Waals surface area contributed by atoms with E-state index in [-0.39, 0.29) is 5.41 Å². The van der Waals surface area contributed by atoms with Gasteiger partial charge in [0.1, 0.15) is 5.75 Å². The molecule has 0 amide bonds. The molecule has 0 spiro atoms. The number of unbranched alkanes of at least 4 members (excludes halogenated alkanes) is 8. The molecule has 1 unspecified atom stereocenters. The number of methoxy groups -OCH3 is 1. The van der Waals surface area contributed by atoms with Crippen molar-refractivity contribution in [3.05, 3.63) is 82.4 Å². The van der Waals surface area contributed by atoms with Crippen molar-refractivity contribution in [3.8, 4) is 5.75 Å². The van der Waals surface area contributed by atoms with Gasteiger partial charge in [-0.3, -0.25) is 0 Å². The zero-order chi connectivity index (χ0) is 28.4. The van der Waals surface area contributed by atoms with Crippen LogP contribution in [0.4, 0.5) is 0 Å². The monoisotopic (exact) mass is 538 g/mol. The van der Waals surface area contributed by atoms with Crippen molar-refractivity contribution >= 4 is 16.7 Å². The Labute approximate surface area is 245 Å². The summed E-state index contributed by atoms with van der Waals surface area (Å²) >= 11 is 0.